The Morgan fingerprint density at radius 1 is 0.652 bits per heavy atom. The van der Waals surface area contributed by atoms with Gasteiger partial charge in [0.15, 0.2) is 0 Å². The standard InChI is InChI=1S/C20H42O2P/c1-4-5-6-7-8-9-10-11-12-13-14-15-16-17-18-19-20(2,3)22-23-21/h23H,4-19H2,1-3H3/q+1. The monoisotopic (exact) mass is 345 g/mol. The SMILES string of the molecule is CCCCCCCCCCCCCCCCCC(C)(C)O[PH+]=O. The summed E-state index contributed by atoms with van der Waals surface area (Å²) in [4.78, 5) is 0. The number of unbranched alkanes of at least 4 members (excludes halogenated alkanes) is 14. The molecule has 138 valence electrons. The van der Waals surface area contributed by atoms with Gasteiger partial charge in [-0.1, -0.05) is 103 Å². The molecule has 0 heterocycles. The Bertz CT molecular complexity index is 254. The van der Waals surface area contributed by atoms with E-state index in [9.17, 15) is 4.57 Å². The van der Waals surface area contributed by atoms with Gasteiger partial charge in [0.1, 0.15) is 5.60 Å². The average Bonchev–Trinajstić information content (AvgIpc) is 2.51. The fourth-order valence-electron chi connectivity index (χ4n) is 3.09. The first-order valence-electron chi connectivity index (χ1n) is 10.2. The molecule has 0 fully saturated rings. The smallest absolute Gasteiger partial charge is 0.142 e. The Balaban J connectivity index is 3.12. The van der Waals surface area contributed by atoms with Crippen molar-refractivity contribution in [2.24, 2.45) is 0 Å². The highest BCUT2D eigenvalue weighted by Gasteiger charge is 2.22. The Kier molecular flexibility index (Phi) is 16.9. The summed E-state index contributed by atoms with van der Waals surface area (Å²) < 4.78 is 15.7. The lowest BCUT2D eigenvalue weighted by Crippen LogP contribution is -2.19. The van der Waals surface area contributed by atoms with Gasteiger partial charge in [-0.15, -0.1) is 4.52 Å². The molecule has 3 heteroatoms. The summed E-state index contributed by atoms with van der Waals surface area (Å²) in [6.07, 6.45) is 21.9. The first kappa shape index (κ1) is 23.1. The zero-order chi connectivity index (χ0) is 17.2. The summed E-state index contributed by atoms with van der Waals surface area (Å²) in [5, 5.41) is 0. The lowest BCUT2D eigenvalue weighted by atomic mass is 9.99. The zero-order valence-electron chi connectivity index (χ0n) is 16.1. The van der Waals surface area contributed by atoms with Crippen molar-refractivity contribution in [2.45, 2.75) is 129 Å². The van der Waals surface area contributed by atoms with Gasteiger partial charge in [-0.3, -0.25) is 0 Å². The van der Waals surface area contributed by atoms with Gasteiger partial charge in [0.25, 0.3) is 0 Å². The minimum Gasteiger partial charge on any atom is -0.142 e. The molecule has 0 radical (unpaired) electrons. The lowest BCUT2D eigenvalue weighted by molar-refractivity contribution is 0.113. The topological polar surface area (TPSA) is 26.3 Å². The largest absolute Gasteiger partial charge is 0.494 e. The second-order valence-corrected chi connectivity index (χ2v) is 8.02. The molecule has 0 saturated carbocycles. The normalized spacial score (nSPS) is 12.1. The molecule has 0 aromatic heterocycles. The van der Waals surface area contributed by atoms with Crippen LogP contribution in [0, 0.1) is 0 Å². The fraction of sp³-hybridized carbons (Fsp3) is 1.00. The van der Waals surface area contributed by atoms with E-state index in [4.69, 9.17) is 4.52 Å². The number of rotatable bonds is 18. The first-order chi connectivity index (χ1) is 11.1. The Morgan fingerprint density at radius 3 is 1.35 bits per heavy atom. The third-order valence-electron chi connectivity index (χ3n) is 4.70. The van der Waals surface area contributed by atoms with Crippen LogP contribution in [-0.2, 0) is 9.09 Å². The molecule has 0 aliphatic heterocycles. The van der Waals surface area contributed by atoms with Gasteiger partial charge in [0.2, 0.25) is 0 Å². The van der Waals surface area contributed by atoms with E-state index in [1.807, 2.05) is 13.8 Å². The van der Waals surface area contributed by atoms with E-state index in [1.165, 1.54) is 96.3 Å². The van der Waals surface area contributed by atoms with Crippen LogP contribution < -0.4 is 0 Å². The minimum atomic E-state index is -0.630. The van der Waals surface area contributed by atoms with E-state index in [2.05, 4.69) is 6.92 Å². The van der Waals surface area contributed by atoms with Crippen LogP contribution in [0.3, 0.4) is 0 Å². The predicted octanol–water partition coefficient (Wildman–Crippen LogP) is 7.98. The second-order valence-electron chi connectivity index (χ2n) is 7.64. The van der Waals surface area contributed by atoms with Gasteiger partial charge in [-0.2, -0.15) is 0 Å². The summed E-state index contributed by atoms with van der Waals surface area (Å²) in [6.45, 7) is 6.34. The first-order valence-corrected chi connectivity index (χ1v) is 11.0. The maximum atomic E-state index is 10.5. The molecule has 0 aliphatic rings. The van der Waals surface area contributed by atoms with Crippen LogP contribution in [0.2, 0.25) is 0 Å². The van der Waals surface area contributed by atoms with E-state index >= 15 is 0 Å². The second kappa shape index (κ2) is 16.9. The van der Waals surface area contributed by atoms with Crippen LogP contribution in [-0.4, -0.2) is 5.60 Å². The predicted molar refractivity (Wildman–Crippen MR) is 104 cm³/mol. The number of hydrogen-bond donors (Lipinski definition) is 0. The van der Waals surface area contributed by atoms with Crippen molar-refractivity contribution in [3.05, 3.63) is 0 Å². The van der Waals surface area contributed by atoms with Crippen LogP contribution in [0.4, 0.5) is 0 Å². The van der Waals surface area contributed by atoms with E-state index < -0.39 is 8.69 Å². The summed E-state index contributed by atoms with van der Waals surface area (Å²) in [7, 11) is -0.630. The van der Waals surface area contributed by atoms with Crippen molar-refractivity contribution in [1.82, 2.24) is 0 Å². The van der Waals surface area contributed by atoms with Gasteiger partial charge in [0.05, 0.1) is 0 Å². The van der Waals surface area contributed by atoms with Crippen molar-refractivity contribution in [3.63, 3.8) is 0 Å². The molecule has 0 N–H and O–H groups in total. The van der Waals surface area contributed by atoms with Crippen molar-refractivity contribution >= 4 is 8.69 Å². The van der Waals surface area contributed by atoms with Crippen molar-refractivity contribution in [2.75, 3.05) is 0 Å². The summed E-state index contributed by atoms with van der Waals surface area (Å²) in [5.74, 6) is 0. The zero-order valence-corrected chi connectivity index (χ0v) is 17.1. The molecule has 1 atom stereocenters. The van der Waals surface area contributed by atoms with E-state index in [1.54, 1.807) is 0 Å². The minimum absolute atomic E-state index is 0.212. The van der Waals surface area contributed by atoms with Gasteiger partial charge in [0, 0.05) is 0 Å². The Labute approximate surface area is 147 Å². The molecular weight excluding hydrogens is 303 g/mol. The van der Waals surface area contributed by atoms with Crippen molar-refractivity contribution in [3.8, 4) is 0 Å². The summed E-state index contributed by atoms with van der Waals surface area (Å²) in [6, 6.07) is 0. The highest BCUT2D eigenvalue weighted by Crippen LogP contribution is 2.23. The molecule has 0 amide bonds. The van der Waals surface area contributed by atoms with Crippen LogP contribution >= 0.6 is 8.69 Å². The van der Waals surface area contributed by atoms with Gasteiger partial charge >= 0.3 is 8.69 Å². The summed E-state index contributed by atoms with van der Waals surface area (Å²) in [5.41, 5.74) is -0.212. The van der Waals surface area contributed by atoms with Crippen molar-refractivity contribution in [1.29, 1.82) is 0 Å². The molecule has 23 heavy (non-hydrogen) atoms. The lowest BCUT2D eigenvalue weighted by Gasteiger charge is -2.15. The third kappa shape index (κ3) is 18.2. The van der Waals surface area contributed by atoms with Crippen LogP contribution in [0.5, 0.6) is 0 Å². The van der Waals surface area contributed by atoms with Crippen LogP contribution in [0.15, 0.2) is 0 Å². The molecule has 0 aromatic carbocycles. The Morgan fingerprint density at radius 2 is 1.00 bits per heavy atom. The van der Waals surface area contributed by atoms with E-state index in [0.29, 0.717) is 0 Å². The molecule has 1 unspecified atom stereocenters. The molecule has 0 rings (SSSR count). The van der Waals surface area contributed by atoms with E-state index in [-0.39, 0.29) is 5.60 Å². The van der Waals surface area contributed by atoms with Crippen LogP contribution in [0.25, 0.3) is 0 Å². The van der Waals surface area contributed by atoms with Gasteiger partial charge < -0.3 is 0 Å². The van der Waals surface area contributed by atoms with Crippen molar-refractivity contribution < 1.29 is 9.09 Å². The maximum absolute atomic E-state index is 10.5. The third-order valence-corrected chi connectivity index (χ3v) is 5.34. The molecular formula is C20H42O2P+. The highest BCUT2D eigenvalue weighted by atomic mass is 31.1. The number of hydrogen-bond acceptors (Lipinski definition) is 2. The molecule has 0 saturated heterocycles. The molecule has 0 aliphatic carbocycles. The molecule has 0 spiro atoms. The fourth-order valence-corrected chi connectivity index (χ4v) is 3.41. The maximum Gasteiger partial charge on any atom is 0.494 e. The highest BCUT2D eigenvalue weighted by molar-refractivity contribution is 7.17. The molecule has 0 aromatic rings. The van der Waals surface area contributed by atoms with E-state index in [0.717, 1.165) is 6.42 Å². The van der Waals surface area contributed by atoms with Gasteiger partial charge in [-0.25, -0.2) is 0 Å². The molecule has 2 nitrogen and oxygen atoms in total. The molecule has 0 bridgehead atoms. The quantitative estimate of drug-likeness (QED) is 0.186. The average molecular weight is 346 g/mol. The summed E-state index contributed by atoms with van der Waals surface area (Å²) >= 11 is 0. The van der Waals surface area contributed by atoms with Crippen LogP contribution in [0.1, 0.15) is 124 Å². The van der Waals surface area contributed by atoms with Gasteiger partial charge in [-0.05, 0) is 24.8 Å². The Hall–Kier alpha value is 0.0600.